The van der Waals surface area contributed by atoms with Crippen LogP contribution in [0.5, 0.6) is 0 Å². The van der Waals surface area contributed by atoms with E-state index in [1.807, 2.05) is 48.5 Å². The van der Waals surface area contributed by atoms with Gasteiger partial charge in [0.25, 0.3) is 0 Å². The van der Waals surface area contributed by atoms with Crippen LogP contribution in [0.1, 0.15) is 28.8 Å². The number of nitrogens with zero attached hydrogens (tertiary/aromatic N) is 1. The van der Waals surface area contributed by atoms with Crippen LogP contribution < -0.4 is 5.32 Å². The molecule has 1 amide bonds. The van der Waals surface area contributed by atoms with E-state index in [4.69, 9.17) is 4.74 Å². The van der Waals surface area contributed by atoms with E-state index in [1.54, 1.807) is 12.1 Å². The predicted molar refractivity (Wildman–Crippen MR) is 111 cm³/mol. The van der Waals surface area contributed by atoms with E-state index in [9.17, 15) is 14.7 Å². The van der Waals surface area contributed by atoms with Crippen molar-refractivity contribution in [3.05, 3.63) is 88.2 Å². The van der Waals surface area contributed by atoms with Crippen LogP contribution in [0.2, 0.25) is 0 Å². The van der Waals surface area contributed by atoms with Gasteiger partial charge in [0.1, 0.15) is 6.61 Å². The molecule has 1 unspecified atom stereocenters. The van der Waals surface area contributed by atoms with Crippen molar-refractivity contribution in [3.8, 4) is 11.1 Å². The molecule has 29 heavy (non-hydrogen) atoms. The fourth-order valence-corrected chi connectivity index (χ4v) is 4.10. The summed E-state index contributed by atoms with van der Waals surface area (Å²) in [4.78, 5) is 28.1. The average molecular weight is 453 g/mol. The smallest absolute Gasteiger partial charge is 0.408 e. The summed E-state index contributed by atoms with van der Waals surface area (Å²) in [5.41, 5.74) is 4.62. The van der Waals surface area contributed by atoms with Gasteiger partial charge in [0, 0.05) is 16.6 Å². The number of carbonyl (C=O) groups excluding carboxylic acids is 1. The van der Waals surface area contributed by atoms with Crippen LogP contribution in [0.4, 0.5) is 4.79 Å². The van der Waals surface area contributed by atoms with Crippen molar-refractivity contribution < 1.29 is 19.4 Å². The van der Waals surface area contributed by atoms with Gasteiger partial charge in [0.2, 0.25) is 0 Å². The van der Waals surface area contributed by atoms with Crippen LogP contribution in [-0.2, 0) is 9.53 Å². The van der Waals surface area contributed by atoms with Gasteiger partial charge >= 0.3 is 12.1 Å². The number of pyridine rings is 1. The number of carboxylic acids is 1. The molecule has 0 aliphatic heterocycles. The highest BCUT2D eigenvalue weighted by Crippen LogP contribution is 2.44. The van der Waals surface area contributed by atoms with Crippen molar-refractivity contribution in [2.75, 3.05) is 6.61 Å². The van der Waals surface area contributed by atoms with Crippen molar-refractivity contribution in [1.29, 1.82) is 0 Å². The fourth-order valence-electron chi connectivity index (χ4n) is 3.62. The second kappa shape index (κ2) is 8.05. The third kappa shape index (κ3) is 3.73. The first-order valence-electron chi connectivity index (χ1n) is 9.01. The summed E-state index contributed by atoms with van der Waals surface area (Å²) in [6.07, 6.45) is 0.659. The maximum absolute atomic E-state index is 12.4. The number of nitrogens with one attached hydrogen (secondary N) is 1. The normalized spacial score (nSPS) is 13.3. The third-order valence-corrected chi connectivity index (χ3v) is 5.58. The van der Waals surface area contributed by atoms with Crippen molar-refractivity contribution in [2.45, 2.75) is 12.0 Å². The Morgan fingerprint density at radius 1 is 1.03 bits per heavy atom. The second-order valence-electron chi connectivity index (χ2n) is 6.61. The van der Waals surface area contributed by atoms with Crippen LogP contribution in [-0.4, -0.2) is 28.8 Å². The molecule has 146 valence electrons. The Hall–Kier alpha value is -3.19. The number of hydrogen-bond acceptors (Lipinski definition) is 4. The number of hydrogen-bond donors (Lipinski definition) is 2. The van der Waals surface area contributed by atoms with Crippen molar-refractivity contribution >= 4 is 28.0 Å². The first-order chi connectivity index (χ1) is 14.1. The lowest BCUT2D eigenvalue weighted by atomic mass is 9.98. The standard InChI is InChI=1S/C22H17BrN2O4/c23-18-10-5-11-24-19(18)20(21(26)27)25-22(28)29-12-17-15-8-3-1-6-13(15)14-7-2-4-9-16(14)17/h1-11,17,20H,12H2,(H,25,28)(H,26,27). The SMILES string of the molecule is O=C(NC(C(=O)O)c1ncccc1Br)OCC1c2ccccc2-c2ccccc21. The first kappa shape index (κ1) is 19.1. The van der Waals surface area contributed by atoms with Crippen LogP contribution in [0.15, 0.2) is 71.3 Å². The maximum Gasteiger partial charge on any atom is 0.408 e. The number of alkyl carbamates (subject to hydrolysis) is 1. The predicted octanol–water partition coefficient (Wildman–Crippen LogP) is 4.51. The molecule has 6 nitrogen and oxygen atoms in total. The molecular formula is C22H17BrN2O4. The van der Waals surface area contributed by atoms with Crippen LogP contribution in [0.3, 0.4) is 0 Å². The van der Waals surface area contributed by atoms with Crippen LogP contribution in [0.25, 0.3) is 11.1 Å². The highest BCUT2D eigenvalue weighted by atomic mass is 79.9. The number of aromatic nitrogens is 1. The van der Waals surface area contributed by atoms with E-state index in [2.05, 4.69) is 26.2 Å². The number of rotatable bonds is 5. The number of carboxylic acid groups (broad SMARTS) is 1. The summed E-state index contributed by atoms with van der Waals surface area (Å²) in [6, 6.07) is 18.0. The van der Waals surface area contributed by atoms with E-state index in [-0.39, 0.29) is 18.2 Å². The Balaban J connectivity index is 1.50. The molecule has 4 rings (SSSR count). The van der Waals surface area contributed by atoms with Crippen LogP contribution >= 0.6 is 15.9 Å². The highest BCUT2D eigenvalue weighted by Gasteiger charge is 2.30. The third-order valence-electron chi connectivity index (χ3n) is 4.91. The van der Waals surface area contributed by atoms with Gasteiger partial charge < -0.3 is 15.2 Å². The largest absolute Gasteiger partial charge is 0.479 e. The quantitative estimate of drug-likeness (QED) is 0.594. The first-order valence-corrected chi connectivity index (χ1v) is 9.80. The lowest BCUT2D eigenvalue weighted by Gasteiger charge is -2.17. The fraction of sp³-hybridized carbons (Fsp3) is 0.136. The molecule has 0 radical (unpaired) electrons. The van der Waals surface area contributed by atoms with E-state index < -0.39 is 18.1 Å². The molecule has 1 aliphatic carbocycles. The van der Waals surface area contributed by atoms with E-state index in [0.717, 1.165) is 22.3 Å². The Morgan fingerprint density at radius 3 is 2.24 bits per heavy atom. The highest BCUT2D eigenvalue weighted by molar-refractivity contribution is 9.10. The molecule has 1 aliphatic rings. The Morgan fingerprint density at radius 2 is 1.66 bits per heavy atom. The molecule has 2 aromatic carbocycles. The maximum atomic E-state index is 12.4. The van der Waals surface area contributed by atoms with Gasteiger partial charge in [-0.1, -0.05) is 48.5 Å². The average Bonchev–Trinajstić information content (AvgIpc) is 3.05. The van der Waals surface area contributed by atoms with Crippen LogP contribution in [0, 0.1) is 0 Å². The van der Waals surface area contributed by atoms with E-state index >= 15 is 0 Å². The minimum atomic E-state index is -1.32. The number of carbonyl (C=O) groups is 2. The number of ether oxygens (including phenoxy) is 1. The van der Waals surface area contributed by atoms with Gasteiger partial charge in [-0.15, -0.1) is 0 Å². The molecule has 1 aromatic heterocycles. The number of amides is 1. The number of fused-ring (bicyclic) bond motifs is 3. The second-order valence-corrected chi connectivity index (χ2v) is 7.47. The van der Waals surface area contributed by atoms with Gasteiger partial charge in [0.15, 0.2) is 6.04 Å². The molecule has 7 heteroatoms. The summed E-state index contributed by atoms with van der Waals surface area (Å²) in [7, 11) is 0. The minimum Gasteiger partial charge on any atom is -0.479 e. The van der Waals surface area contributed by atoms with Gasteiger partial charge in [-0.05, 0) is 50.3 Å². The molecule has 2 N–H and O–H groups in total. The number of benzene rings is 2. The summed E-state index contributed by atoms with van der Waals surface area (Å²) in [6.45, 7) is 0.107. The lowest BCUT2D eigenvalue weighted by Crippen LogP contribution is -2.35. The summed E-state index contributed by atoms with van der Waals surface area (Å²) >= 11 is 3.27. The number of aliphatic carboxylic acids is 1. The van der Waals surface area contributed by atoms with E-state index in [0.29, 0.717) is 4.47 Å². The zero-order valence-corrected chi connectivity index (χ0v) is 16.8. The van der Waals surface area contributed by atoms with Gasteiger partial charge in [0.05, 0.1) is 5.69 Å². The molecule has 3 aromatic rings. The van der Waals surface area contributed by atoms with Crippen molar-refractivity contribution in [2.24, 2.45) is 0 Å². The molecular weight excluding hydrogens is 436 g/mol. The van der Waals surface area contributed by atoms with Crippen molar-refractivity contribution in [1.82, 2.24) is 10.3 Å². The Labute approximate surface area is 175 Å². The van der Waals surface area contributed by atoms with Crippen molar-refractivity contribution in [3.63, 3.8) is 0 Å². The molecule has 0 fully saturated rings. The molecule has 0 saturated heterocycles. The Bertz CT molecular complexity index is 1040. The summed E-state index contributed by atoms with van der Waals surface area (Å²) in [5, 5.41) is 11.9. The summed E-state index contributed by atoms with van der Waals surface area (Å²) < 4.78 is 5.92. The van der Waals surface area contributed by atoms with Gasteiger partial charge in [-0.25, -0.2) is 9.59 Å². The topological polar surface area (TPSA) is 88.5 Å². The van der Waals surface area contributed by atoms with Gasteiger partial charge in [-0.3, -0.25) is 4.98 Å². The summed E-state index contributed by atoms with van der Waals surface area (Å²) in [5.74, 6) is -1.32. The molecule has 0 bridgehead atoms. The zero-order chi connectivity index (χ0) is 20.4. The lowest BCUT2D eigenvalue weighted by molar-refractivity contribution is -0.139. The minimum absolute atomic E-state index is 0.0991. The molecule has 0 spiro atoms. The van der Waals surface area contributed by atoms with E-state index in [1.165, 1.54) is 6.20 Å². The Kier molecular flexibility index (Phi) is 5.31. The molecule has 1 heterocycles. The molecule has 0 saturated carbocycles. The monoisotopic (exact) mass is 452 g/mol. The zero-order valence-electron chi connectivity index (χ0n) is 15.2. The van der Waals surface area contributed by atoms with Gasteiger partial charge in [-0.2, -0.15) is 0 Å². The number of halogens is 1. The molecule has 1 atom stereocenters.